The third-order valence-electron chi connectivity index (χ3n) is 2.95. The van der Waals surface area contributed by atoms with E-state index in [0.717, 1.165) is 11.1 Å². The molecule has 0 saturated heterocycles. The summed E-state index contributed by atoms with van der Waals surface area (Å²) in [6, 6.07) is 9.43. The lowest BCUT2D eigenvalue weighted by Crippen LogP contribution is -2.33. The topological polar surface area (TPSA) is 61.1 Å². The summed E-state index contributed by atoms with van der Waals surface area (Å²) in [4.78, 5) is 11.4. The number of nitrogens with zero attached hydrogens (tertiary/aromatic N) is 1. The molecule has 1 atom stereocenters. The van der Waals surface area contributed by atoms with E-state index in [1.807, 2.05) is 37.3 Å². The monoisotopic (exact) mass is 217 g/mol. The number of aryl methyl sites for hydroxylation is 1. The molecule has 3 nitrogen and oxygen atoms in total. The molecule has 1 aromatic rings. The first-order valence-corrected chi connectivity index (χ1v) is 5.19. The minimum Gasteiger partial charge on any atom is -0.481 e. The summed E-state index contributed by atoms with van der Waals surface area (Å²) in [5, 5.41) is 17.9. The van der Waals surface area contributed by atoms with Crippen LogP contribution in [-0.4, -0.2) is 11.1 Å². The van der Waals surface area contributed by atoms with E-state index in [-0.39, 0.29) is 6.42 Å². The number of aliphatic carboxylic acids is 1. The fourth-order valence-electron chi connectivity index (χ4n) is 1.85. The van der Waals surface area contributed by atoms with E-state index in [9.17, 15) is 9.90 Å². The first kappa shape index (κ1) is 12.3. The predicted octanol–water partition coefficient (Wildman–Crippen LogP) is 2.64. The summed E-state index contributed by atoms with van der Waals surface area (Å²) in [5.74, 6) is -0.878. The zero-order chi connectivity index (χ0) is 12.2. The molecule has 3 heteroatoms. The number of hydrogen-bond acceptors (Lipinski definition) is 2. The molecular formula is C13H15NO2. The highest BCUT2D eigenvalue weighted by molar-refractivity contribution is 5.81. The lowest BCUT2D eigenvalue weighted by atomic mass is 9.77. The number of carbonyl (C=O) groups is 1. The number of hydrogen-bond donors (Lipinski definition) is 1. The predicted molar refractivity (Wildman–Crippen MR) is 61.0 cm³/mol. The van der Waals surface area contributed by atoms with Crippen LogP contribution in [0.1, 0.15) is 30.9 Å². The van der Waals surface area contributed by atoms with Crippen LogP contribution in [0.3, 0.4) is 0 Å². The Morgan fingerprint density at radius 1 is 1.50 bits per heavy atom. The van der Waals surface area contributed by atoms with Crippen molar-refractivity contribution in [2.75, 3.05) is 0 Å². The van der Waals surface area contributed by atoms with Gasteiger partial charge < -0.3 is 5.11 Å². The Morgan fingerprint density at radius 2 is 2.12 bits per heavy atom. The van der Waals surface area contributed by atoms with Crippen LogP contribution in [-0.2, 0) is 10.2 Å². The molecule has 0 saturated carbocycles. The molecule has 1 aromatic carbocycles. The molecule has 84 valence electrons. The molecule has 0 heterocycles. The smallest absolute Gasteiger partial charge is 0.313 e. The molecule has 0 aliphatic carbocycles. The average molecular weight is 217 g/mol. The van der Waals surface area contributed by atoms with Crippen molar-refractivity contribution in [1.82, 2.24) is 0 Å². The summed E-state index contributed by atoms with van der Waals surface area (Å²) < 4.78 is 0. The van der Waals surface area contributed by atoms with E-state index in [1.54, 1.807) is 6.92 Å². The second kappa shape index (κ2) is 4.80. The van der Waals surface area contributed by atoms with Gasteiger partial charge in [0, 0.05) is 6.42 Å². The largest absolute Gasteiger partial charge is 0.481 e. The van der Waals surface area contributed by atoms with Crippen LogP contribution in [0, 0.1) is 18.3 Å². The molecule has 1 rings (SSSR count). The summed E-state index contributed by atoms with van der Waals surface area (Å²) in [6.07, 6.45) is 0.584. The maximum absolute atomic E-state index is 11.4. The Bertz CT molecular complexity index is 434. The molecule has 0 amide bonds. The maximum atomic E-state index is 11.4. The minimum absolute atomic E-state index is 0.247. The molecule has 0 bridgehead atoms. The second-order valence-corrected chi connectivity index (χ2v) is 4.11. The lowest BCUT2D eigenvalue weighted by Gasteiger charge is -2.26. The van der Waals surface area contributed by atoms with Gasteiger partial charge in [-0.15, -0.1) is 0 Å². The second-order valence-electron chi connectivity index (χ2n) is 4.11. The normalized spacial score (nSPS) is 13.8. The molecule has 1 N–H and O–H groups in total. The van der Waals surface area contributed by atoms with E-state index < -0.39 is 11.4 Å². The molecule has 0 spiro atoms. The number of benzene rings is 1. The van der Waals surface area contributed by atoms with Crippen LogP contribution < -0.4 is 0 Å². The van der Waals surface area contributed by atoms with Gasteiger partial charge >= 0.3 is 5.97 Å². The van der Waals surface area contributed by atoms with Gasteiger partial charge in [-0.3, -0.25) is 4.79 Å². The Kier molecular flexibility index (Phi) is 3.68. The van der Waals surface area contributed by atoms with Crippen LogP contribution in [0.5, 0.6) is 0 Å². The summed E-state index contributed by atoms with van der Waals surface area (Å²) >= 11 is 0. The summed E-state index contributed by atoms with van der Waals surface area (Å²) in [6.45, 7) is 3.57. The molecule has 16 heavy (non-hydrogen) atoms. The zero-order valence-electron chi connectivity index (χ0n) is 9.53. The highest BCUT2D eigenvalue weighted by Crippen LogP contribution is 2.31. The third-order valence-corrected chi connectivity index (χ3v) is 2.95. The van der Waals surface area contributed by atoms with Crippen LogP contribution in [0.15, 0.2) is 24.3 Å². The molecule has 1 unspecified atom stereocenters. The summed E-state index contributed by atoms with van der Waals surface area (Å²) in [5.41, 5.74) is 0.768. The number of carboxylic acids is 1. The van der Waals surface area contributed by atoms with Crippen LogP contribution in [0.2, 0.25) is 0 Å². The van der Waals surface area contributed by atoms with Crippen molar-refractivity contribution in [2.24, 2.45) is 0 Å². The van der Waals surface area contributed by atoms with Crippen molar-refractivity contribution in [3.8, 4) is 6.07 Å². The number of nitriles is 1. The zero-order valence-corrected chi connectivity index (χ0v) is 9.53. The molecule has 0 aliphatic rings. The van der Waals surface area contributed by atoms with Gasteiger partial charge in [0.15, 0.2) is 0 Å². The number of carboxylic acid groups (broad SMARTS) is 1. The SMILES string of the molecule is Cc1ccccc1C(C)(CCC#N)C(=O)O. The van der Waals surface area contributed by atoms with E-state index in [4.69, 9.17) is 5.26 Å². The van der Waals surface area contributed by atoms with Crippen LogP contribution in [0.4, 0.5) is 0 Å². The Hall–Kier alpha value is -1.82. The average Bonchev–Trinajstić information content (AvgIpc) is 2.26. The molecule has 0 fully saturated rings. The highest BCUT2D eigenvalue weighted by atomic mass is 16.4. The minimum atomic E-state index is -0.971. The van der Waals surface area contributed by atoms with Crippen molar-refractivity contribution < 1.29 is 9.90 Å². The van der Waals surface area contributed by atoms with Crippen LogP contribution >= 0.6 is 0 Å². The van der Waals surface area contributed by atoms with Gasteiger partial charge in [0.25, 0.3) is 0 Å². The quantitative estimate of drug-likeness (QED) is 0.843. The standard InChI is InChI=1S/C13H15NO2/c1-10-6-3-4-7-11(10)13(2,12(15)16)8-5-9-14/h3-4,6-7H,5,8H2,1-2H3,(H,15,16). The van der Waals surface area contributed by atoms with E-state index in [2.05, 4.69) is 0 Å². The van der Waals surface area contributed by atoms with E-state index in [0.29, 0.717) is 6.42 Å². The molecule has 0 aromatic heterocycles. The van der Waals surface area contributed by atoms with Crippen molar-refractivity contribution >= 4 is 5.97 Å². The van der Waals surface area contributed by atoms with Gasteiger partial charge in [0.2, 0.25) is 0 Å². The van der Waals surface area contributed by atoms with Gasteiger partial charge in [-0.1, -0.05) is 24.3 Å². The van der Waals surface area contributed by atoms with E-state index >= 15 is 0 Å². The summed E-state index contributed by atoms with van der Waals surface area (Å²) in [7, 11) is 0. The van der Waals surface area contributed by atoms with E-state index in [1.165, 1.54) is 0 Å². The Labute approximate surface area is 95.3 Å². The third kappa shape index (κ3) is 2.22. The Morgan fingerprint density at radius 3 is 2.62 bits per heavy atom. The van der Waals surface area contributed by atoms with Crippen molar-refractivity contribution in [1.29, 1.82) is 5.26 Å². The van der Waals surface area contributed by atoms with Gasteiger partial charge in [-0.05, 0) is 31.4 Å². The Balaban J connectivity index is 3.17. The van der Waals surface area contributed by atoms with Crippen molar-refractivity contribution in [3.05, 3.63) is 35.4 Å². The molecule has 0 radical (unpaired) electrons. The molecular weight excluding hydrogens is 202 g/mol. The fraction of sp³-hybridized carbons (Fsp3) is 0.385. The first-order chi connectivity index (χ1) is 7.52. The highest BCUT2D eigenvalue weighted by Gasteiger charge is 2.35. The van der Waals surface area contributed by atoms with Gasteiger partial charge in [-0.2, -0.15) is 5.26 Å². The van der Waals surface area contributed by atoms with Gasteiger partial charge in [-0.25, -0.2) is 0 Å². The van der Waals surface area contributed by atoms with Gasteiger partial charge in [0.05, 0.1) is 11.5 Å². The van der Waals surface area contributed by atoms with Crippen molar-refractivity contribution in [2.45, 2.75) is 32.1 Å². The first-order valence-electron chi connectivity index (χ1n) is 5.19. The van der Waals surface area contributed by atoms with Crippen LogP contribution in [0.25, 0.3) is 0 Å². The lowest BCUT2D eigenvalue weighted by molar-refractivity contribution is -0.143. The molecule has 0 aliphatic heterocycles. The maximum Gasteiger partial charge on any atom is 0.313 e. The fourth-order valence-corrected chi connectivity index (χ4v) is 1.85. The van der Waals surface area contributed by atoms with Gasteiger partial charge in [0.1, 0.15) is 0 Å². The number of rotatable bonds is 4. The van der Waals surface area contributed by atoms with Crippen molar-refractivity contribution in [3.63, 3.8) is 0 Å².